The summed E-state index contributed by atoms with van der Waals surface area (Å²) in [5, 5.41) is 220. The van der Waals surface area contributed by atoms with Crippen molar-refractivity contribution in [1.29, 1.82) is 0 Å². The summed E-state index contributed by atoms with van der Waals surface area (Å²) in [5.41, 5.74) is 0. The second-order valence-electron chi connectivity index (χ2n) is 31.4. The van der Waals surface area contributed by atoms with Gasteiger partial charge in [-0.2, -0.15) is 0 Å². The highest BCUT2D eigenvalue weighted by Crippen LogP contribution is 2.41. The number of hydrogen-bond acceptors (Lipinski definition) is 34. The molecule has 0 aromatic carbocycles. The molecule has 0 bridgehead atoms. The van der Waals surface area contributed by atoms with Crippen LogP contribution in [-0.2, 0) is 76.0 Å². The van der Waals surface area contributed by atoms with E-state index in [4.69, 9.17) is 56.8 Å². The van der Waals surface area contributed by atoms with E-state index < -0.39 is 266 Å². The Kier molecular flexibility index (Phi) is 44.8. The van der Waals surface area contributed by atoms with Crippen LogP contribution in [0.2, 0.25) is 0 Å². The van der Waals surface area contributed by atoms with Gasteiger partial charge in [-0.25, -0.2) is 4.79 Å². The van der Waals surface area contributed by atoms with Gasteiger partial charge in [-0.05, 0) is 26.2 Å². The molecule has 0 aromatic rings. The molecule has 3 amide bonds. The van der Waals surface area contributed by atoms with Gasteiger partial charge >= 0.3 is 5.97 Å². The normalized spacial score (nSPS) is 37.1. The highest BCUT2D eigenvalue weighted by molar-refractivity contribution is 5.77. The molecule has 38 heteroatoms. The molecule has 0 saturated carbocycles. The highest BCUT2D eigenvalue weighted by atomic mass is 16.8. The Morgan fingerprint density at radius 1 is 0.470 bits per heavy atom. The van der Waals surface area contributed by atoms with Crippen LogP contribution in [0.5, 0.6) is 0 Å². The van der Waals surface area contributed by atoms with Crippen molar-refractivity contribution in [2.45, 2.75) is 410 Å². The lowest BCUT2D eigenvalue weighted by Crippen LogP contribution is -2.72. The SMILES string of the molecule is CCCCCCCCCCCCC/C=C/[C@@H](O)[C@H](CO[C@@H]1OC(CO)[C@@H](O[C@@H]2OC(CO)[C@H](O[C@@H]3OC(CO)[C@H](O[C@H]4OC(C)[C@@H](O)C(O)[C@@H]4O)[C@H](O[C@@H]4OC(CO)[C@H](O)[C@H](O[C@]5(C(=O)O)CC(O)[C@@H](NC(C)=O)C([C@H](O)[C@H](O)CO)O5)C4O)C3NC(C)=O)[C@H](O)C2O)[C@H](O)C1O)NC(=O)CCCCCCCCCCCCCCC. The minimum absolute atomic E-state index is 0.158. The van der Waals surface area contributed by atoms with Crippen LogP contribution < -0.4 is 16.0 Å². The topological polar surface area (TPSA) is 600 Å². The number of allylic oxidation sites excluding steroid dienone is 1. The number of carbonyl (C=O) groups excluding carboxylic acids is 3. The highest BCUT2D eigenvalue weighted by Gasteiger charge is 2.62. The number of carboxylic acid groups (broad SMARTS) is 1. The maximum Gasteiger partial charge on any atom is 0.364 e. The third-order valence-corrected chi connectivity index (χ3v) is 22.2. The Bertz CT molecular complexity index is 2780. The van der Waals surface area contributed by atoms with Crippen molar-refractivity contribution in [3.63, 3.8) is 0 Å². The van der Waals surface area contributed by atoms with Crippen LogP contribution in [0.25, 0.3) is 0 Å². The van der Waals surface area contributed by atoms with Crippen molar-refractivity contribution in [2.24, 2.45) is 0 Å². The number of aliphatic carboxylic acids is 1. The smallest absolute Gasteiger partial charge is 0.364 e. The molecule has 0 spiro atoms. The van der Waals surface area contributed by atoms with Crippen molar-refractivity contribution in [3.05, 3.63) is 12.2 Å². The average molecular weight is 1660 g/mol. The Labute approximate surface area is 671 Å². The molecule has 670 valence electrons. The average Bonchev–Trinajstić information content (AvgIpc) is 0.618. The summed E-state index contributed by atoms with van der Waals surface area (Å²) in [6.45, 7) is 1.50. The van der Waals surface area contributed by atoms with Gasteiger partial charge in [0.15, 0.2) is 31.5 Å². The van der Waals surface area contributed by atoms with Crippen molar-refractivity contribution in [1.82, 2.24) is 16.0 Å². The summed E-state index contributed by atoms with van der Waals surface area (Å²) in [4.78, 5) is 52.7. The lowest BCUT2D eigenvalue weighted by Gasteiger charge is -2.52. The van der Waals surface area contributed by atoms with E-state index >= 15 is 0 Å². The molecule has 33 atom stereocenters. The first-order chi connectivity index (χ1) is 55.0. The van der Waals surface area contributed by atoms with Crippen LogP contribution >= 0.6 is 0 Å². The number of aliphatic hydroxyl groups is 18. The summed E-state index contributed by atoms with van der Waals surface area (Å²) in [5.74, 6) is -7.60. The molecule has 6 aliphatic heterocycles. The first kappa shape index (κ1) is 100. The number of rotatable bonds is 52. The van der Waals surface area contributed by atoms with Crippen molar-refractivity contribution in [2.75, 3.05) is 39.6 Å². The fraction of sp³-hybridized carbons (Fsp3) is 0.922. The third-order valence-electron chi connectivity index (χ3n) is 22.2. The number of hydrogen-bond donors (Lipinski definition) is 22. The molecule has 6 fully saturated rings. The van der Waals surface area contributed by atoms with Crippen LogP contribution in [-0.4, -0.2) is 362 Å². The number of carboxylic acids is 1. The molecular formula is C77H137N3O35. The van der Waals surface area contributed by atoms with Crippen molar-refractivity contribution < 1.29 is 173 Å². The van der Waals surface area contributed by atoms with Gasteiger partial charge in [0.05, 0.1) is 70.0 Å². The molecule has 0 aromatic heterocycles. The third kappa shape index (κ3) is 29.3. The van der Waals surface area contributed by atoms with Gasteiger partial charge in [0.2, 0.25) is 17.7 Å². The molecule has 22 N–H and O–H groups in total. The van der Waals surface area contributed by atoms with E-state index in [0.717, 1.165) is 65.2 Å². The number of nitrogens with one attached hydrogen (secondary N) is 3. The maximum atomic E-state index is 13.5. The van der Waals surface area contributed by atoms with Crippen LogP contribution in [0.4, 0.5) is 0 Å². The monoisotopic (exact) mass is 1660 g/mol. The van der Waals surface area contributed by atoms with Gasteiger partial charge in [0, 0.05) is 26.7 Å². The van der Waals surface area contributed by atoms with Gasteiger partial charge in [-0.15, -0.1) is 0 Å². The molecule has 6 heterocycles. The zero-order chi connectivity index (χ0) is 84.6. The van der Waals surface area contributed by atoms with E-state index in [-0.39, 0.29) is 12.3 Å². The quantitative estimate of drug-likeness (QED) is 0.0214. The lowest BCUT2D eigenvalue weighted by molar-refractivity contribution is -0.398. The fourth-order valence-corrected chi connectivity index (χ4v) is 15.4. The van der Waals surface area contributed by atoms with Gasteiger partial charge in [0.1, 0.15) is 134 Å². The van der Waals surface area contributed by atoms with Crippen LogP contribution in [0.1, 0.15) is 208 Å². The largest absolute Gasteiger partial charge is 0.477 e. The maximum absolute atomic E-state index is 13.5. The van der Waals surface area contributed by atoms with E-state index in [1.165, 1.54) is 103 Å². The molecule has 12 unspecified atom stereocenters. The lowest BCUT2D eigenvalue weighted by atomic mass is 9.88. The molecular weight excluding hydrogens is 1530 g/mol. The predicted molar refractivity (Wildman–Crippen MR) is 400 cm³/mol. The summed E-state index contributed by atoms with van der Waals surface area (Å²) in [6.07, 6.45) is -28.6. The Morgan fingerprint density at radius 2 is 0.896 bits per heavy atom. The summed E-state index contributed by atoms with van der Waals surface area (Å²) >= 11 is 0. The minimum Gasteiger partial charge on any atom is -0.477 e. The number of aliphatic hydroxyl groups excluding tert-OH is 18. The molecule has 0 aliphatic carbocycles. The minimum atomic E-state index is -3.29. The second kappa shape index (κ2) is 51.4. The van der Waals surface area contributed by atoms with Gasteiger partial charge in [-0.1, -0.05) is 167 Å². The van der Waals surface area contributed by atoms with E-state index in [9.17, 15) is 116 Å². The van der Waals surface area contributed by atoms with Gasteiger partial charge in [-0.3, -0.25) is 14.4 Å². The van der Waals surface area contributed by atoms with Gasteiger partial charge < -0.3 is 170 Å². The molecule has 6 aliphatic rings. The zero-order valence-corrected chi connectivity index (χ0v) is 67.0. The van der Waals surface area contributed by atoms with E-state index in [1.54, 1.807) is 6.08 Å². The van der Waals surface area contributed by atoms with E-state index in [0.29, 0.717) is 12.8 Å². The number of carbonyl (C=O) groups is 4. The molecule has 6 rings (SSSR count). The van der Waals surface area contributed by atoms with E-state index in [2.05, 4.69) is 29.8 Å². The van der Waals surface area contributed by atoms with Crippen molar-refractivity contribution in [3.8, 4) is 0 Å². The standard InChI is InChI=1S/C77H137N3O35/c1-6-8-10-12-14-16-18-20-22-24-26-28-30-32-45(88)44(80-52(91)33-31-29-27-25-23-21-19-17-15-13-11-9-7-2)40-104-72-62(99)59(96)66(49(37-83)108-72)111-74-63(100)60(97)65(50(38-84)109-74)110-71-54(79-43(5)87)69(67(51(39-85)107-71)112-73-61(98)58(95)55(92)41(3)105-73)113-75-64(101)70(57(94)48(36-82)106-75)115-77(76(102)103)34-46(89)53(78-42(4)86)68(114-77)56(93)47(90)35-81/h30,32,41,44-51,53-75,81-85,88-90,92-101H,6-29,31,33-40H2,1-5H3,(H,78,86)(H,79,87)(H,80,91)(H,102,103)/b32-30+/t41?,44-,45+,46?,47+,48?,49?,50?,51?,53+,54?,55+,56+,57-,58?,59+,60+,61-,62?,63?,64?,65-,66+,67-,68?,69+,70-,71-,72+,73+,74-,75-,77-/m0/s1. The summed E-state index contributed by atoms with van der Waals surface area (Å²) in [6, 6.07) is -4.81. The first-order valence-electron chi connectivity index (χ1n) is 41.5. The molecule has 115 heavy (non-hydrogen) atoms. The van der Waals surface area contributed by atoms with Gasteiger partial charge in [0.25, 0.3) is 5.79 Å². The second-order valence-corrected chi connectivity index (χ2v) is 31.4. The molecule has 6 saturated heterocycles. The van der Waals surface area contributed by atoms with E-state index in [1.807, 2.05) is 6.08 Å². The molecule has 0 radical (unpaired) electrons. The molecule has 38 nitrogen and oxygen atoms in total. The Morgan fingerprint density at radius 3 is 1.41 bits per heavy atom. The first-order valence-corrected chi connectivity index (χ1v) is 41.5. The predicted octanol–water partition coefficient (Wildman–Crippen LogP) is -2.97. The number of ether oxygens (including phenoxy) is 12. The fourth-order valence-electron chi connectivity index (χ4n) is 15.4. The Hall–Kier alpha value is -3.58. The van der Waals surface area contributed by atoms with Crippen LogP contribution in [0.3, 0.4) is 0 Å². The number of amides is 3. The number of unbranched alkanes of at least 4 members (excludes halogenated alkanes) is 23. The zero-order valence-electron chi connectivity index (χ0n) is 67.0. The summed E-state index contributed by atoms with van der Waals surface area (Å²) in [7, 11) is 0. The van der Waals surface area contributed by atoms with Crippen molar-refractivity contribution >= 4 is 23.7 Å². The van der Waals surface area contributed by atoms with Crippen LogP contribution in [0.15, 0.2) is 12.2 Å². The summed E-state index contributed by atoms with van der Waals surface area (Å²) < 4.78 is 72.0. The Balaban J connectivity index is 1.19. The van der Waals surface area contributed by atoms with Crippen LogP contribution in [0, 0.1) is 0 Å².